The number of ether oxygens (including phenoxy) is 1. The Morgan fingerprint density at radius 3 is 2.75 bits per heavy atom. The number of nitrogens with zero attached hydrogens (tertiary/aromatic N) is 6. The molecule has 0 aromatic carbocycles. The van der Waals surface area contributed by atoms with Gasteiger partial charge in [0.25, 0.3) is 0 Å². The number of pyridine rings is 2. The fourth-order valence-electron chi connectivity index (χ4n) is 3.84. The summed E-state index contributed by atoms with van der Waals surface area (Å²) in [4.78, 5) is 15.2. The number of imidazole rings is 1. The van der Waals surface area contributed by atoms with Crippen LogP contribution in [0.4, 0.5) is 5.69 Å². The summed E-state index contributed by atoms with van der Waals surface area (Å²) in [5.74, 6) is 1.91. The number of aromatic nitrogens is 4. The fraction of sp³-hybridized carbons (Fsp3) is 0.333. The molecule has 4 rings (SSSR count). The second kappa shape index (κ2) is 8.09. The Morgan fingerprint density at radius 2 is 2.04 bits per heavy atom. The van der Waals surface area contributed by atoms with E-state index in [1.54, 1.807) is 19.5 Å². The second-order valence-electron chi connectivity index (χ2n) is 6.86. The normalized spacial score (nSPS) is 14.6. The van der Waals surface area contributed by atoms with Crippen molar-refractivity contribution in [2.75, 3.05) is 25.1 Å². The predicted octanol–water partition coefficient (Wildman–Crippen LogP) is 2.99. The number of hydrogen-bond donors (Lipinski definition) is 0. The lowest BCUT2D eigenvalue weighted by Gasteiger charge is -2.34. The lowest BCUT2D eigenvalue weighted by molar-refractivity contribution is 0.396. The van der Waals surface area contributed by atoms with Gasteiger partial charge in [0.1, 0.15) is 17.5 Å². The van der Waals surface area contributed by atoms with E-state index in [0.717, 1.165) is 44.0 Å². The van der Waals surface area contributed by atoms with Crippen LogP contribution in [-0.2, 0) is 6.54 Å². The molecule has 142 valence electrons. The Kier molecular flexibility index (Phi) is 5.20. The quantitative estimate of drug-likeness (QED) is 0.683. The van der Waals surface area contributed by atoms with E-state index in [2.05, 4.69) is 36.6 Å². The smallest absolute Gasteiger partial charge is 0.233 e. The Hall–Kier alpha value is -3.40. The highest BCUT2D eigenvalue weighted by Gasteiger charge is 2.26. The lowest BCUT2D eigenvalue weighted by atomic mass is 9.95. The molecule has 4 heterocycles. The molecule has 1 saturated heterocycles. The summed E-state index contributed by atoms with van der Waals surface area (Å²) in [7, 11) is 1.54. The maximum atomic E-state index is 9.52. The van der Waals surface area contributed by atoms with Gasteiger partial charge in [0.05, 0.1) is 19.3 Å². The molecule has 7 nitrogen and oxygen atoms in total. The first-order valence-corrected chi connectivity index (χ1v) is 9.38. The van der Waals surface area contributed by atoms with Gasteiger partial charge < -0.3 is 14.2 Å². The van der Waals surface area contributed by atoms with Gasteiger partial charge in [-0.15, -0.1) is 0 Å². The molecule has 1 aliphatic rings. The SMILES string of the molecule is COc1nccc(N2CCC(c3nccn3Cc3cccnc3)CC2)c1C#N. The number of piperidine rings is 1. The van der Waals surface area contributed by atoms with Crippen LogP contribution >= 0.6 is 0 Å². The van der Waals surface area contributed by atoms with Crippen LogP contribution in [0, 0.1) is 11.3 Å². The topological polar surface area (TPSA) is 79.9 Å². The van der Waals surface area contributed by atoms with Crippen LogP contribution in [-0.4, -0.2) is 39.7 Å². The minimum atomic E-state index is 0.383. The van der Waals surface area contributed by atoms with Crippen LogP contribution in [0.2, 0.25) is 0 Å². The highest BCUT2D eigenvalue weighted by atomic mass is 16.5. The predicted molar refractivity (Wildman–Crippen MR) is 105 cm³/mol. The molecular formula is C21H22N6O. The van der Waals surface area contributed by atoms with E-state index in [1.165, 1.54) is 5.56 Å². The summed E-state index contributed by atoms with van der Waals surface area (Å²) in [6.07, 6.45) is 11.3. The molecule has 0 radical (unpaired) electrons. The average Bonchev–Trinajstić information content (AvgIpc) is 3.22. The van der Waals surface area contributed by atoms with Crippen LogP contribution in [0.1, 0.15) is 35.7 Å². The van der Waals surface area contributed by atoms with Crippen molar-refractivity contribution in [1.29, 1.82) is 5.26 Å². The summed E-state index contributed by atoms with van der Waals surface area (Å²) in [6, 6.07) is 8.17. The summed E-state index contributed by atoms with van der Waals surface area (Å²) in [5, 5.41) is 9.52. The summed E-state index contributed by atoms with van der Waals surface area (Å²) >= 11 is 0. The van der Waals surface area contributed by atoms with E-state index in [0.29, 0.717) is 17.4 Å². The summed E-state index contributed by atoms with van der Waals surface area (Å²) in [5.41, 5.74) is 2.56. The molecule has 0 saturated carbocycles. The maximum Gasteiger partial charge on any atom is 0.233 e. The molecule has 0 atom stereocenters. The molecule has 3 aromatic heterocycles. The van der Waals surface area contributed by atoms with E-state index in [9.17, 15) is 5.26 Å². The maximum absolute atomic E-state index is 9.52. The molecule has 0 amide bonds. The van der Waals surface area contributed by atoms with Crippen molar-refractivity contribution in [2.45, 2.75) is 25.3 Å². The van der Waals surface area contributed by atoms with Gasteiger partial charge in [-0.2, -0.15) is 5.26 Å². The van der Waals surface area contributed by atoms with E-state index in [-0.39, 0.29) is 0 Å². The highest BCUT2D eigenvalue weighted by Crippen LogP contribution is 2.33. The molecule has 0 bridgehead atoms. The number of hydrogen-bond acceptors (Lipinski definition) is 6. The van der Waals surface area contributed by atoms with Crippen molar-refractivity contribution in [3.63, 3.8) is 0 Å². The van der Waals surface area contributed by atoms with E-state index in [1.807, 2.05) is 30.7 Å². The first kappa shape index (κ1) is 18.0. The lowest BCUT2D eigenvalue weighted by Crippen LogP contribution is -2.34. The first-order valence-electron chi connectivity index (χ1n) is 9.38. The van der Waals surface area contributed by atoms with E-state index < -0.39 is 0 Å². The number of methoxy groups -OCH3 is 1. The van der Waals surface area contributed by atoms with Crippen LogP contribution in [0.15, 0.2) is 49.2 Å². The third-order valence-corrected chi connectivity index (χ3v) is 5.22. The van der Waals surface area contributed by atoms with Gasteiger partial charge in [0.15, 0.2) is 0 Å². The number of nitriles is 1. The van der Waals surface area contributed by atoms with Gasteiger partial charge >= 0.3 is 0 Å². The zero-order valence-electron chi connectivity index (χ0n) is 15.8. The molecule has 0 N–H and O–H groups in total. The van der Waals surface area contributed by atoms with Crippen LogP contribution in [0.25, 0.3) is 0 Å². The third kappa shape index (κ3) is 3.54. The fourth-order valence-corrected chi connectivity index (χ4v) is 3.84. The van der Waals surface area contributed by atoms with Crippen LogP contribution in [0.5, 0.6) is 5.88 Å². The Bertz CT molecular complexity index is 970. The Labute approximate surface area is 164 Å². The van der Waals surface area contributed by atoms with E-state index in [4.69, 9.17) is 4.74 Å². The first-order chi connectivity index (χ1) is 13.8. The highest BCUT2D eigenvalue weighted by molar-refractivity contribution is 5.63. The average molecular weight is 374 g/mol. The molecular weight excluding hydrogens is 352 g/mol. The summed E-state index contributed by atoms with van der Waals surface area (Å²) in [6.45, 7) is 2.52. The van der Waals surface area contributed by atoms with Gasteiger partial charge in [-0.3, -0.25) is 4.98 Å². The zero-order valence-corrected chi connectivity index (χ0v) is 15.8. The molecule has 1 aliphatic heterocycles. The molecule has 1 fully saturated rings. The van der Waals surface area contributed by atoms with Crippen molar-refractivity contribution >= 4 is 5.69 Å². The molecule has 28 heavy (non-hydrogen) atoms. The molecule has 0 spiro atoms. The Morgan fingerprint density at radius 1 is 1.18 bits per heavy atom. The van der Waals surface area contributed by atoms with Crippen LogP contribution < -0.4 is 9.64 Å². The van der Waals surface area contributed by atoms with Crippen molar-refractivity contribution in [3.05, 3.63) is 66.1 Å². The van der Waals surface area contributed by atoms with E-state index >= 15 is 0 Å². The molecule has 7 heteroatoms. The second-order valence-corrected chi connectivity index (χ2v) is 6.86. The zero-order chi connectivity index (χ0) is 19.3. The van der Waals surface area contributed by atoms with Gasteiger partial charge in [0.2, 0.25) is 5.88 Å². The standard InChI is InChI=1S/C21H22N6O/c1-28-21-18(13-22)19(4-8-25-21)26-10-5-17(6-11-26)20-24-9-12-27(20)15-16-3-2-7-23-14-16/h2-4,7-9,12,14,17H,5-6,10-11,15H2,1H3. The van der Waals surface area contributed by atoms with Crippen molar-refractivity contribution in [2.24, 2.45) is 0 Å². The van der Waals surface area contributed by atoms with Gasteiger partial charge in [0, 0.05) is 50.0 Å². The van der Waals surface area contributed by atoms with Crippen molar-refractivity contribution < 1.29 is 4.74 Å². The largest absolute Gasteiger partial charge is 0.480 e. The third-order valence-electron chi connectivity index (χ3n) is 5.22. The number of anilines is 1. The van der Waals surface area contributed by atoms with Crippen molar-refractivity contribution in [1.82, 2.24) is 19.5 Å². The monoisotopic (exact) mass is 374 g/mol. The number of rotatable bonds is 5. The molecule has 0 aliphatic carbocycles. The minimum absolute atomic E-state index is 0.383. The Balaban J connectivity index is 1.48. The van der Waals surface area contributed by atoms with Crippen molar-refractivity contribution in [3.8, 4) is 11.9 Å². The molecule has 0 unspecified atom stereocenters. The molecule has 3 aromatic rings. The van der Waals surface area contributed by atoms with Gasteiger partial charge in [-0.25, -0.2) is 9.97 Å². The minimum Gasteiger partial charge on any atom is -0.480 e. The van der Waals surface area contributed by atoms with Gasteiger partial charge in [-0.1, -0.05) is 6.07 Å². The summed E-state index contributed by atoms with van der Waals surface area (Å²) < 4.78 is 7.46. The van der Waals surface area contributed by atoms with Crippen LogP contribution in [0.3, 0.4) is 0 Å². The van der Waals surface area contributed by atoms with Gasteiger partial charge in [-0.05, 0) is 30.5 Å².